The zero-order valence-electron chi connectivity index (χ0n) is 18.5. The van der Waals surface area contributed by atoms with Gasteiger partial charge in [0.25, 0.3) is 0 Å². The molecule has 1 aromatic heterocycles. The molecule has 0 atom stereocenters. The molecule has 1 aliphatic rings. The molecule has 8 heteroatoms. The zero-order valence-corrected chi connectivity index (χ0v) is 19.3. The fourth-order valence-corrected chi connectivity index (χ4v) is 4.97. The summed E-state index contributed by atoms with van der Waals surface area (Å²) in [5, 5.41) is 3.01. The summed E-state index contributed by atoms with van der Waals surface area (Å²) in [4.78, 5) is 19.7. The van der Waals surface area contributed by atoms with Crippen molar-refractivity contribution in [1.82, 2.24) is 19.8 Å². The van der Waals surface area contributed by atoms with Gasteiger partial charge in [0.05, 0.1) is 11.0 Å². The molecular weight excluding hydrogens is 424 g/mol. The number of benzene rings is 2. The standard InChI is InChI=1S/C24H30N4O3S/c1-32(30,31)18-23-26-21-11-5-6-12-22(21)28(23)17-24(29)25-15-19-9-3-4-10-20(19)16-27-13-7-2-8-14-27/h3-6,9-12H,2,7-8,13-18H2,1H3,(H,25,29). The van der Waals surface area contributed by atoms with Gasteiger partial charge < -0.3 is 9.88 Å². The molecule has 0 unspecified atom stereocenters. The highest BCUT2D eigenvalue weighted by atomic mass is 32.2. The molecule has 0 aliphatic carbocycles. The van der Waals surface area contributed by atoms with Crippen LogP contribution in [0, 0.1) is 0 Å². The van der Waals surface area contributed by atoms with Crippen molar-refractivity contribution in [3.05, 3.63) is 65.5 Å². The summed E-state index contributed by atoms with van der Waals surface area (Å²) in [5.74, 6) is 0.0122. The van der Waals surface area contributed by atoms with Crippen molar-refractivity contribution < 1.29 is 13.2 Å². The Hall–Kier alpha value is -2.71. The number of aromatic nitrogens is 2. The number of imidazole rings is 1. The summed E-state index contributed by atoms with van der Waals surface area (Å²) in [6.07, 6.45) is 4.97. The van der Waals surface area contributed by atoms with Crippen LogP contribution >= 0.6 is 0 Å². The molecular formula is C24H30N4O3S. The van der Waals surface area contributed by atoms with Crippen LogP contribution in [0.2, 0.25) is 0 Å². The molecule has 1 N–H and O–H groups in total. The number of nitrogens with one attached hydrogen (secondary N) is 1. The van der Waals surface area contributed by atoms with Gasteiger partial charge in [-0.15, -0.1) is 0 Å². The molecule has 1 saturated heterocycles. The van der Waals surface area contributed by atoms with E-state index in [1.807, 2.05) is 36.4 Å². The Bertz CT molecular complexity index is 1200. The van der Waals surface area contributed by atoms with Gasteiger partial charge in [-0.05, 0) is 49.2 Å². The Morgan fingerprint density at radius 1 is 1.00 bits per heavy atom. The van der Waals surface area contributed by atoms with Crippen LogP contribution in [0.4, 0.5) is 0 Å². The number of likely N-dealkylation sites (tertiary alicyclic amines) is 1. The third-order valence-corrected chi connectivity index (χ3v) is 6.65. The molecule has 170 valence electrons. The van der Waals surface area contributed by atoms with Crippen LogP contribution < -0.4 is 5.32 Å². The summed E-state index contributed by atoms with van der Waals surface area (Å²) in [7, 11) is -3.28. The molecule has 0 saturated carbocycles. The number of piperidine rings is 1. The first-order valence-corrected chi connectivity index (χ1v) is 13.1. The molecule has 4 rings (SSSR count). The number of carbonyl (C=O) groups is 1. The zero-order chi connectivity index (χ0) is 22.6. The summed E-state index contributed by atoms with van der Waals surface area (Å²) < 4.78 is 25.4. The average molecular weight is 455 g/mol. The maximum Gasteiger partial charge on any atom is 0.240 e. The van der Waals surface area contributed by atoms with Gasteiger partial charge >= 0.3 is 0 Å². The van der Waals surface area contributed by atoms with Gasteiger partial charge in [-0.3, -0.25) is 9.69 Å². The summed E-state index contributed by atoms with van der Waals surface area (Å²) >= 11 is 0. The quantitative estimate of drug-likeness (QED) is 0.566. The minimum absolute atomic E-state index is 0.0274. The monoisotopic (exact) mass is 454 g/mol. The van der Waals surface area contributed by atoms with Crippen molar-refractivity contribution >= 4 is 26.8 Å². The van der Waals surface area contributed by atoms with E-state index in [9.17, 15) is 13.2 Å². The summed E-state index contributed by atoms with van der Waals surface area (Å²) in [6.45, 7) is 3.61. The molecule has 0 bridgehead atoms. The molecule has 1 amide bonds. The van der Waals surface area contributed by atoms with Gasteiger partial charge in [0.1, 0.15) is 18.1 Å². The first-order chi connectivity index (χ1) is 15.4. The lowest BCUT2D eigenvalue weighted by molar-refractivity contribution is -0.121. The summed E-state index contributed by atoms with van der Waals surface area (Å²) in [5.41, 5.74) is 3.79. The predicted octanol–water partition coefficient (Wildman–Crippen LogP) is 2.88. The lowest BCUT2D eigenvalue weighted by Gasteiger charge is -2.27. The number of rotatable bonds is 8. The Morgan fingerprint density at radius 2 is 1.69 bits per heavy atom. The van der Waals surface area contributed by atoms with E-state index in [0.717, 1.165) is 30.7 Å². The second-order valence-electron chi connectivity index (χ2n) is 8.56. The van der Waals surface area contributed by atoms with Gasteiger partial charge in [-0.2, -0.15) is 0 Å². The number of sulfone groups is 1. The average Bonchev–Trinajstić information content (AvgIpc) is 3.09. The van der Waals surface area contributed by atoms with E-state index in [2.05, 4.69) is 27.3 Å². The molecule has 3 aromatic rings. The largest absolute Gasteiger partial charge is 0.350 e. The van der Waals surface area contributed by atoms with Crippen molar-refractivity contribution in [2.75, 3.05) is 19.3 Å². The Kier molecular flexibility index (Phi) is 6.91. The van der Waals surface area contributed by atoms with Crippen molar-refractivity contribution in [2.45, 2.75) is 44.6 Å². The maximum atomic E-state index is 12.8. The van der Waals surface area contributed by atoms with Crippen LogP contribution in [0.15, 0.2) is 48.5 Å². The highest BCUT2D eigenvalue weighted by Gasteiger charge is 2.18. The smallest absolute Gasteiger partial charge is 0.240 e. The second-order valence-corrected chi connectivity index (χ2v) is 10.7. The normalized spacial score (nSPS) is 15.2. The Morgan fingerprint density at radius 3 is 2.44 bits per heavy atom. The lowest BCUT2D eigenvalue weighted by atomic mass is 10.0. The van der Waals surface area contributed by atoms with Crippen molar-refractivity contribution in [3.8, 4) is 0 Å². The number of amides is 1. The number of nitrogens with zero attached hydrogens (tertiary/aromatic N) is 3. The van der Waals surface area contributed by atoms with E-state index in [1.165, 1.54) is 31.1 Å². The van der Waals surface area contributed by atoms with Gasteiger partial charge in [0, 0.05) is 19.3 Å². The number of hydrogen-bond donors (Lipinski definition) is 1. The highest BCUT2D eigenvalue weighted by Crippen LogP contribution is 2.18. The molecule has 32 heavy (non-hydrogen) atoms. The van der Waals surface area contributed by atoms with Gasteiger partial charge in [-0.1, -0.05) is 42.8 Å². The molecule has 0 spiro atoms. The SMILES string of the molecule is CS(=O)(=O)Cc1nc2ccccc2n1CC(=O)NCc1ccccc1CN1CCCCC1. The number of carbonyl (C=O) groups excluding carboxylic acids is 1. The van der Waals surface area contributed by atoms with Crippen LogP contribution in [-0.2, 0) is 40.0 Å². The number of fused-ring (bicyclic) bond motifs is 1. The molecule has 1 fully saturated rings. The lowest BCUT2D eigenvalue weighted by Crippen LogP contribution is -2.31. The predicted molar refractivity (Wildman–Crippen MR) is 126 cm³/mol. The highest BCUT2D eigenvalue weighted by molar-refractivity contribution is 7.89. The first kappa shape index (κ1) is 22.5. The third kappa shape index (κ3) is 5.75. The van der Waals surface area contributed by atoms with E-state index >= 15 is 0 Å². The fraction of sp³-hybridized carbons (Fsp3) is 0.417. The molecule has 7 nitrogen and oxygen atoms in total. The van der Waals surface area contributed by atoms with Crippen LogP contribution in [0.5, 0.6) is 0 Å². The molecule has 2 heterocycles. The van der Waals surface area contributed by atoms with Gasteiger partial charge in [-0.25, -0.2) is 13.4 Å². The van der Waals surface area contributed by atoms with Crippen LogP contribution in [0.25, 0.3) is 11.0 Å². The van der Waals surface area contributed by atoms with Gasteiger partial charge in [0.15, 0.2) is 9.84 Å². The van der Waals surface area contributed by atoms with E-state index in [1.54, 1.807) is 4.57 Å². The maximum absolute atomic E-state index is 12.8. The van der Waals surface area contributed by atoms with Crippen molar-refractivity contribution in [3.63, 3.8) is 0 Å². The third-order valence-electron chi connectivity index (χ3n) is 5.86. The number of hydrogen-bond acceptors (Lipinski definition) is 5. The van der Waals surface area contributed by atoms with Crippen molar-refractivity contribution in [1.29, 1.82) is 0 Å². The van der Waals surface area contributed by atoms with Gasteiger partial charge in [0.2, 0.25) is 5.91 Å². The van der Waals surface area contributed by atoms with E-state index in [0.29, 0.717) is 17.9 Å². The van der Waals surface area contributed by atoms with Crippen LogP contribution in [0.3, 0.4) is 0 Å². The van der Waals surface area contributed by atoms with E-state index < -0.39 is 9.84 Å². The first-order valence-electron chi connectivity index (χ1n) is 11.1. The fourth-order valence-electron chi connectivity index (χ4n) is 4.28. The Labute approximate surface area is 189 Å². The molecule has 0 radical (unpaired) electrons. The molecule has 1 aliphatic heterocycles. The molecule has 2 aromatic carbocycles. The van der Waals surface area contributed by atoms with Crippen LogP contribution in [0.1, 0.15) is 36.2 Å². The Balaban J connectivity index is 1.46. The summed E-state index contributed by atoms with van der Waals surface area (Å²) in [6, 6.07) is 15.6. The van der Waals surface area contributed by atoms with E-state index in [4.69, 9.17) is 0 Å². The second kappa shape index (κ2) is 9.83. The minimum atomic E-state index is -3.28. The number of para-hydroxylation sites is 2. The van der Waals surface area contributed by atoms with Crippen LogP contribution in [-0.4, -0.2) is 48.1 Å². The topological polar surface area (TPSA) is 84.3 Å². The minimum Gasteiger partial charge on any atom is -0.350 e. The van der Waals surface area contributed by atoms with E-state index in [-0.39, 0.29) is 18.2 Å². The van der Waals surface area contributed by atoms with Crippen molar-refractivity contribution in [2.24, 2.45) is 0 Å².